The van der Waals surface area contributed by atoms with Gasteiger partial charge >= 0.3 is 0 Å². The van der Waals surface area contributed by atoms with Gasteiger partial charge in [-0.3, -0.25) is 9.69 Å². The Kier molecular flexibility index (Phi) is 6.95. The van der Waals surface area contributed by atoms with Gasteiger partial charge in [-0.1, -0.05) is 59.6 Å². The lowest BCUT2D eigenvalue weighted by molar-refractivity contribution is -0.132. The van der Waals surface area contributed by atoms with Crippen LogP contribution in [-0.4, -0.2) is 48.4 Å². The Labute approximate surface area is 165 Å². The predicted octanol–water partition coefficient (Wildman–Crippen LogP) is 4.31. The molecule has 2 aromatic carbocycles. The zero-order valence-corrected chi connectivity index (χ0v) is 16.3. The summed E-state index contributed by atoms with van der Waals surface area (Å²) in [6.07, 6.45) is 2.30. The topological polar surface area (TPSA) is 23.6 Å². The van der Waals surface area contributed by atoms with Crippen molar-refractivity contribution in [2.45, 2.75) is 19.3 Å². The van der Waals surface area contributed by atoms with E-state index >= 15 is 0 Å². The van der Waals surface area contributed by atoms with E-state index in [1.807, 2.05) is 35.2 Å². The summed E-state index contributed by atoms with van der Waals surface area (Å²) >= 11 is 12.2. The van der Waals surface area contributed by atoms with Crippen molar-refractivity contribution in [1.82, 2.24) is 9.80 Å². The lowest BCUT2D eigenvalue weighted by Crippen LogP contribution is -2.49. The molecule has 0 N–H and O–H groups in total. The number of nitrogens with zero attached hydrogens (tertiary/aromatic N) is 2. The molecule has 0 unspecified atom stereocenters. The van der Waals surface area contributed by atoms with E-state index in [-0.39, 0.29) is 5.91 Å². The van der Waals surface area contributed by atoms with E-state index in [2.05, 4.69) is 17.0 Å². The van der Waals surface area contributed by atoms with Gasteiger partial charge in [0.1, 0.15) is 0 Å². The lowest BCUT2D eigenvalue weighted by Gasteiger charge is -2.35. The number of hydrogen-bond donors (Lipinski definition) is 0. The second kappa shape index (κ2) is 9.40. The highest BCUT2D eigenvalue weighted by Gasteiger charge is 2.20. The van der Waals surface area contributed by atoms with Crippen LogP contribution in [0.2, 0.25) is 10.0 Å². The van der Waals surface area contributed by atoms with E-state index in [0.29, 0.717) is 11.4 Å². The Morgan fingerprint density at radius 2 is 1.65 bits per heavy atom. The first-order valence-electron chi connectivity index (χ1n) is 9.10. The predicted molar refractivity (Wildman–Crippen MR) is 108 cm³/mol. The van der Waals surface area contributed by atoms with Crippen LogP contribution in [0.25, 0.3) is 0 Å². The van der Waals surface area contributed by atoms with Crippen molar-refractivity contribution in [2.75, 3.05) is 32.7 Å². The van der Waals surface area contributed by atoms with E-state index in [1.54, 1.807) is 6.07 Å². The van der Waals surface area contributed by atoms with E-state index in [0.717, 1.165) is 56.2 Å². The van der Waals surface area contributed by atoms with Gasteiger partial charge in [0, 0.05) is 49.2 Å². The van der Waals surface area contributed by atoms with Crippen molar-refractivity contribution in [3.05, 3.63) is 69.7 Å². The number of piperazine rings is 1. The molecule has 138 valence electrons. The van der Waals surface area contributed by atoms with Crippen LogP contribution in [0.3, 0.4) is 0 Å². The number of hydrogen-bond acceptors (Lipinski definition) is 2. The average molecular weight is 391 g/mol. The monoisotopic (exact) mass is 390 g/mol. The summed E-state index contributed by atoms with van der Waals surface area (Å²) in [6.45, 7) is 4.40. The molecule has 0 bridgehead atoms. The first kappa shape index (κ1) is 19.2. The molecule has 3 nitrogen and oxygen atoms in total. The van der Waals surface area contributed by atoms with Gasteiger partial charge in [0.15, 0.2) is 0 Å². The average Bonchev–Trinajstić information content (AvgIpc) is 2.67. The van der Waals surface area contributed by atoms with Gasteiger partial charge in [-0.15, -0.1) is 0 Å². The fourth-order valence-electron chi connectivity index (χ4n) is 3.28. The van der Waals surface area contributed by atoms with Crippen molar-refractivity contribution in [3.63, 3.8) is 0 Å². The maximum Gasteiger partial charge on any atom is 0.222 e. The summed E-state index contributed by atoms with van der Waals surface area (Å²) in [5, 5.41) is 1.40. The summed E-state index contributed by atoms with van der Waals surface area (Å²) in [4.78, 5) is 16.8. The molecule has 1 amide bonds. The Balaban J connectivity index is 1.40. The quantitative estimate of drug-likeness (QED) is 0.733. The van der Waals surface area contributed by atoms with Crippen molar-refractivity contribution in [3.8, 4) is 0 Å². The number of aryl methyl sites for hydroxylation is 1. The van der Waals surface area contributed by atoms with E-state index in [4.69, 9.17) is 23.2 Å². The summed E-state index contributed by atoms with van der Waals surface area (Å²) in [5.41, 5.74) is 2.34. The van der Waals surface area contributed by atoms with Crippen LogP contribution < -0.4 is 0 Å². The molecule has 1 fully saturated rings. The van der Waals surface area contributed by atoms with Gasteiger partial charge in [-0.2, -0.15) is 0 Å². The summed E-state index contributed by atoms with van der Waals surface area (Å²) in [6, 6.07) is 15.9. The largest absolute Gasteiger partial charge is 0.340 e. The van der Waals surface area contributed by atoms with Gasteiger partial charge in [0.25, 0.3) is 0 Å². The highest BCUT2D eigenvalue weighted by Crippen LogP contribution is 2.21. The van der Waals surface area contributed by atoms with Crippen molar-refractivity contribution >= 4 is 29.1 Å². The minimum Gasteiger partial charge on any atom is -0.340 e. The van der Waals surface area contributed by atoms with Crippen LogP contribution >= 0.6 is 23.2 Å². The molecular formula is C21H24Cl2N2O. The molecule has 0 atom stereocenters. The number of carbonyl (C=O) groups excluding carboxylic acids is 1. The number of carbonyl (C=O) groups is 1. The molecule has 0 aliphatic carbocycles. The molecule has 1 heterocycles. The van der Waals surface area contributed by atoms with E-state index in [1.165, 1.54) is 5.56 Å². The molecule has 1 saturated heterocycles. The van der Waals surface area contributed by atoms with Gasteiger partial charge < -0.3 is 4.90 Å². The summed E-state index contributed by atoms with van der Waals surface area (Å²) < 4.78 is 0. The van der Waals surface area contributed by atoms with Crippen molar-refractivity contribution in [2.24, 2.45) is 0 Å². The van der Waals surface area contributed by atoms with Gasteiger partial charge in [-0.25, -0.2) is 0 Å². The standard InChI is InChI=1S/C21H24Cl2N2O/c22-19-8-7-18(20(23)16-19)10-11-24-12-14-25(15-13-24)21(26)9-6-17-4-2-1-3-5-17/h1-5,7-8,16H,6,9-15H2. The molecular weight excluding hydrogens is 367 g/mol. The molecule has 3 rings (SSSR count). The second-order valence-corrected chi connectivity index (χ2v) is 7.54. The molecule has 1 aliphatic rings. The number of rotatable bonds is 6. The molecule has 0 saturated carbocycles. The van der Waals surface area contributed by atoms with Crippen LogP contribution in [0.1, 0.15) is 17.5 Å². The highest BCUT2D eigenvalue weighted by atomic mass is 35.5. The minimum atomic E-state index is 0.259. The Morgan fingerprint density at radius 1 is 0.923 bits per heavy atom. The maximum absolute atomic E-state index is 12.4. The third kappa shape index (κ3) is 5.47. The fourth-order valence-corrected chi connectivity index (χ4v) is 3.78. The zero-order chi connectivity index (χ0) is 18.4. The third-order valence-corrected chi connectivity index (χ3v) is 5.49. The Hall–Kier alpha value is -1.55. The number of benzene rings is 2. The molecule has 0 radical (unpaired) electrons. The van der Waals surface area contributed by atoms with Crippen molar-refractivity contribution < 1.29 is 4.79 Å². The van der Waals surface area contributed by atoms with Crippen LogP contribution in [0.4, 0.5) is 0 Å². The highest BCUT2D eigenvalue weighted by molar-refractivity contribution is 6.35. The van der Waals surface area contributed by atoms with Crippen LogP contribution in [-0.2, 0) is 17.6 Å². The van der Waals surface area contributed by atoms with Crippen LogP contribution in [0, 0.1) is 0 Å². The first-order chi connectivity index (χ1) is 12.6. The maximum atomic E-state index is 12.4. The normalized spacial score (nSPS) is 15.2. The lowest BCUT2D eigenvalue weighted by atomic mass is 10.1. The van der Waals surface area contributed by atoms with Crippen LogP contribution in [0.5, 0.6) is 0 Å². The smallest absolute Gasteiger partial charge is 0.222 e. The third-order valence-electron chi connectivity index (χ3n) is 4.91. The van der Waals surface area contributed by atoms with Gasteiger partial charge in [0.05, 0.1) is 0 Å². The van der Waals surface area contributed by atoms with E-state index in [9.17, 15) is 4.79 Å². The molecule has 0 aromatic heterocycles. The van der Waals surface area contributed by atoms with E-state index < -0.39 is 0 Å². The molecule has 1 aliphatic heterocycles. The molecule has 0 spiro atoms. The molecule has 2 aromatic rings. The summed E-state index contributed by atoms with van der Waals surface area (Å²) in [5.74, 6) is 0.259. The number of halogens is 2. The van der Waals surface area contributed by atoms with Crippen molar-refractivity contribution in [1.29, 1.82) is 0 Å². The number of amides is 1. The minimum absolute atomic E-state index is 0.259. The Bertz CT molecular complexity index is 728. The molecule has 26 heavy (non-hydrogen) atoms. The second-order valence-electron chi connectivity index (χ2n) is 6.69. The van der Waals surface area contributed by atoms with Gasteiger partial charge in [0.2, 0.25) is 5.91 Å². The van der Waals surface area contributed by atoms with Crippen LogP contribution in [0.15, 0.2) is 48.5 Å². The summed E-state index contributed by atoms with van der Waals surface area (Å²) in [7, 11) is 0. The fraction of sp³-hybridized carbons (Fsp3) is 0.381. The SMILES string of the molecule is O=C(CCc1ccccc1)N1CCN(CCc2ccc(Cl)cc2Cl)CC1. The van der Waals surface area contributed by atoms with Gasteiger partial charge in [-0.05, 0) is 36.1 Å². The first-order valence-corrected chi connectivity index (χ1v) is 9.85. The Morgan fingerprint density at radius 3 is 2.35 bits per heavy atom. The molecule has 5 heteroatoms. The zero-order valence-electron chi connectivity index (χ0n) is 14.8.